The Morgan fingerprint density at radius 1 is 1.44 bits per heavy atom. The van der Waals surface area contributed by atoms with Crippen LogP contribution in [-0.2, 0) is 14.3 Å². The van der Waals surface area contributed by atoms with Gasteiger partial charge in [0.1, 0.15) is 0 Å². The summed E-state index contributed by atoms with van der Waals surface area (Å²) in [6.07, 6.45) is -3.55. The first-order chi connectivity index (χ1) is 7.25. The Balaban J connectivity index is 4.27. The number of esters is 1. The van der Waals surface area contributed by atoms with Crippen molar-refractivity contribution in [1.82, 2.24) is 0 Å². The van der Waals surface area contributed by atoms with Crippen molar-refractivity contribution in [1.29, 1.82) is 0 Å². The molecule has 94 valence electrons. The number of carbonyl (C=O) groups excluding carboxylic acids is 1. The quantitative estimate of drug-likeness (QED) is 0.529. The van der Waals surface area contributed by atoms with Gasteiger partial charge < -0.3 is 4.74 Å². The van der Waals surface area contributed by atoms with E-state index in [9.17, 15) is 18.0 Å². The largest absolute Gasteiger partial charge is 0.522 e. The summed E-state index contributed by atoms with van der Waals surface area (Å²) < 4.78 is 43.5. The van der Waals surface area contributed by atoms with Gasteiger partial charge in [0, 0.05) is 0 Å². The van der Waals surface area contributed by atoms with E-state index in [1.165, 1.54) is 13.0 Å². The summed E-state index contributed by atoms with van der Waals surface area (Å²) in [6, 6.07) is 0. The Morgan fingerprint density at radius 3 is 2.38 bits per heavy atom. The van der Waals surface area contributed by atoms with Crippen LogP contribution in [0.2, 0.25) is 0 Å². The highest BCUT2D eigenvalue weighted by molar-refractivity contribution is 5.78. The molecule has 0 saturated heterocycles. The minimum absolute atomic E-state index is 0.130. The van der Waals surface area contributed by atoms with E-state index in [1.807, 2.05) is 0 Å². The number of halogens is 3. The molecule has 0 aliphatic heterocycles. The molecule has 0 aliphatic rings. The van der Waals surface area contributed by atoms with Crippen LogP contribution >= 0.6 is 0 Å². The van der Waals surface area contributed by atoms with Crippen molar-refractivity contribution in [3.63, 3.8) is 0 Å². The molecule has 0 rings (SSSR count). The van der Waals surface area contributed by atoms with E-state index >= 15 is 0 Å². The van der Waals surface area contributed by atoms with Gasteiger partial charge in [0.25, 0.3) is 0 Å². The van der Waals surface area contributed by atoms with Crippen LogP contribution in [0.25, 0.3) is 0 Å². The Bertz CT molecular complexity index is 250. The van der Waals surface area contributed by atoms with Gasteiger partial charge in [-0.05, 0) is 20.3 Å². The molecule has 0 N–H and O–H groups in total. The summed E-state index contributed by atoms with van der Waals surface area (Å²) in [5.41, 5.74) is -1.15. The van der Waals surface area contributed by atoms with Crippen LogP contribution in [0.1, 0.15) is 20.3 Å². The molecule has 0 heterocycles. The topological polar surface area (TPSA) is 35.5 Å². The summed E-state index contributed by atoms with van der Waals surface area (Å²) >= 11 is 0. The SMILES string of the molecule is C=CC(C)(CCOC(F)(F)F)C(=O)OCC. The lowest BCUT2D eigenvalue weighted by Crippen LogP contribution is -2.30. The second kappa shape index (κ2) is 5.89. The highest BCUT2D eigenvalue weighted by atomic mass is 19.4. The third-order valence-corrected chi connectivity index (χ3v) is 2.08. The molecule has 0 fully saturated rings. The maximum Gasteiger partial charge on any atom is 0.522 e. The summed E-state index contributed by atoms with van der Waals surface area (Å²) in [7, 11) is 0. The number of alkyl halides is 3. The first-order valence-electron chi connectivity index (χ1n) is 4.76. The molecule has 0 aromatic rings. The molecule has 6 heteroatoms. The van der Waals surface area contributed by atoms with Gasteiger partial charge in [-0.25, -0.2) is 0 Å². The van der Waals surface area contributed by atoms with Crippen molar-refractivity contribution in [2.45, 2.75) is 26.6 Å². The van der Waals surface area contributed by atoms with Crippen LogP contribution in [0, 0.1) is 5.41 Å². The van der Waals surface area contributed by atoms with Crippen LogP contribution in [0.5, 0.6) is 0 Å². The molecule has 3 nitrogen and oxygen atoms in total. The fourth-order valence-corrected chi connectivity index (χ4v) is 0.962. The number of hydrogen-bond acceptors (Lipinski definition) is 3. The minimum atomic E-state index is -4.68. The predicted octanol–water partition coefficient (Wildman–Crippen LogP) is 2.67. The highest BCUT2D eigenvalue weighted by Gasteiger charge is 2.34. The first-order valence-corrected chi connectivity index (χ1v) is 4.76. The molecule has 16 heavy (non-hydrogen) atoms. The lowest BCUT2D eigenvalue weighted by Gasteiger charge is -2.23. The zero-order chi connectivity index (χ0) is 12.8. The van der Waals surface area contributed by atoms with Crippen molar-refractivity contribution < 1.29 is 27.4 Å². The average molecular weight is 240 g/mol. The van der Waals surface area contributed by atoms with E-state index in [1.54, 1.807) is 6.92 Å². The third kappa shape index (κ3) is 5.16. The van der Waals surface area contributed by atoms with Gasteiger partial charge in [0.15, 0.2) is 0 Å². The Morgan fingerprint density at radius 2 is 2.00 bits per heavy atom. The molecule has 0 amide bonds. The minimum Gasteiger partial charge on any atom is -0.465 e. The molecule has 0 aromatic heterocycles. The second-order valence-electron chi connectivity index (χ2n) is 3.39. The molecule has 0 aromatic carbocycles. The molecular weight excluding hydrogens is 225 g/mol. The van der Waals surface area contributed by atoms with Crippen LogP contribution in [0.15, 0.2) is 12.7 Å². The zero-order valence-corrected chi connectivity index (χ0v) is 9.26. The van der Waals surface area contributed by atoms with Gasteiger partial charge in [-0.1, -0.05) is 6.08 Å². The lowest BCUT2D eigenvalue weighted by molar-refractivity contribution is -0.325. The third-order valence-electron chi connectivity index (χ3n) is 2.08. The second-order valence-corrected chi connectivity index (χ2v) is 3.39. The molecule has 0 aliphatic carbocycles. The normalized spacial score (nSPS) is 15.3. The van der Waals surface area contributed by atoms with Gasteiger partial charge in [0.2, 0.25) is 0 Å². The van der Waals surface area contributed by atoms with Crippen molar-refractivity contribution in [2.24, 2.45) is 5.41 Å². The van der Waals surface area contributed by atoms with Crippen LogP contribution in [-0.4, -0.2) is 25.5 Å². The van der Waals surface area contributed by atoms with E-state index in [4.69, 9.17) is 4.74 Å². The smallest absolute Gasteiger partial charge is 0.465 e. The van der Waals surface area contributed by atoms with Gasteiger partial charge in [-0.15, -0.1) is 19.8 Å². The monoisotopic (exact) mass is 240 g/mol. The van der Waals surface area contributed by atoms with Crippen molar-refractivity contribution in [3.05, 3.63) is 12.7 Å². The van der Waals surface area contributed by atoms with E-state index < -0.39 is 24.4 Å². The van der Waals surface area contributed by atoms with Gasteiger partial charge in [-0.3, -0.25) is 9.53 Å². The van der Waals surface area contributed by atoms with Crippen LogP contribution in [0.4, 0.5) is 13.2 Å². The summed E-state index contributed by atoms with van der Waals surface area (Å²) in [4.78, 5) is 11.4. The molecule has 1 atom stereocenters. The van der Waals surface area contributed by atoms with Crippen LogP contribution < -0.4 is 0 Å². The van der Waals surface area contributed by atoms with E-state index in [-0.39, 0.29) is 13.0 Å². The number of ether oxygens (including phenoxy) is 2. The number of carbonyl (C=O) groups is 1. The van der Waals surface area contributed by atoms with Gasteiger partial charge in [-0.2, -0.15) is 0 Å². The van der Waals surface area contributed by atoms with Crippen molar-refractivity contribution in [3.8, 4) is 0 Å². The zero-order valence-electron chi connectivity index (χ0n) is 9.26. The highest BCUT2D eigenvalue weighted by Crippen LogP contribution is 2.26. The van der Waals surface area contributed by atoms with Crippen LogP contribution in [0.3, 0.4) is 0 Å². The van der Waals surface area contributed by atoms with Crippen molar-refractivity contribution >= 4 is 5.97 Å². The number of rotatable bonds is 6. The summed E-state index contributed by atoms with van der Waals surface area (Å²) in [5.74, 6) is -0.601. The lowest BCUT2D eigenvalue weighted by atomic mass is 9.87. The standard InChI is InChI=1S/C10H15F3O3/c1-4-9(3,8(14)15-5-2)6-7-16-10(11,12)13/h4H,1,5-7H2,2-3H3. The molecule has 0 spiro atoms. The predicted molar refractivity (Wildman–Crippen MR) is 51.6 cm³/mol. The molecule has 1 unspecified atom stereocenters. The Kier molecular flexibility index (Phi) is 5.50. The molecule has 0 radical (unpaired) electrons. The average Bonchev–Trinajstić information content (AvgIpc) is 2.15. The first kappa shape index (κ1) is 15.0. The van der Waals surface area contributed by atoms with Gasteiger partial charge >= 0.3 is 12.3 Å². The summed E-state index contributed by atoms with van der Waals surface area (Å²) in [6.45, 7) is 6.05. The summed E-state index contributed by atoms with van der Waals surface area (Å²) in [5, 5.41) is 0. The Hall–Kier alpha value is -1.04. The van der Waals surface area contributed by atoms with Crippen molar-refractivity contribution in [2.75, 3.05) is 13.2 Å². The Labute approximate surface area is 92.2 Å². The number of hydrogen-bond donors (Lipinski definition) is 0. The van der Waals surface area contributed by atoms with E-state index in [0.717, 1.165) is 0 Å². The van der Waals surface area contributed by atoms with Gasteiger partial charge in [0.05, 0.1) is 18.6 Å². The molecule has 0 saturated carbocycles. The maximum atomic E-state index is 11.7. The molecular formula is C10H15F3O3. The fourth-order valence-electron chi connectivity index (χ4n) is 0.962. The fraction of sp³-hybridized carbons (Fsp3) is 0.700. The maximum absolute atomic E-state index is 11.7. The van der Waals surface area contributed by atoms with E-state index in [2.05, 4.69) is 11.3 Å². The van der Waals surface area contributed by atoms with E-state index in [0.29, 0.717) is 0 Å². The molecule has 0 bridgehead atoms.